The standard InChI is InChI=1S/C26H33N3O6S/c1-17(2)28-16-26(36(32,33)23-14-18(3)6-11-22(23)35-5)27-13-12-24(30)29(26)21(25(28)31)15-19-7-9-20(34-4)10-8-19/h6-11,14,17,21,27H,12-13,15-16H2,1-5H3. The van der Waals surface area contributed by atoms with Gasteiger partial charge in [-0.2, -0.15) is 0 Å². The lowest BCUT2D eigenvalue weighted by atomic mass is 9.97. The molecule has 2 aromatic carbocycles. The molecule has 0 spiro atoms. The highest BCUT2D eigenvalue weighted by Crippen LogP contribution is 2.41. The molecule has 1 N–H and O–H groups in total. The van der Waals surface area contributed by atoms with E-state index in [0.717, 1.165) is 11.1 Å². The third-order valence-corrected chi connectivity index (χ3v) is 9.18. The van der Waals surface area contributed by atoms with E-state index in [-0.39, 0.29) is 54.4 Å². The molecule has 2 amide bonds. The summed E-state index contributed by atoms with van der Waals surface area (Å²) in [5, 5.41) is 3.16. The summed E-state index contributed by atoms with van der Waals surface area (Å²) in [4.78, 5) is 28.2. The van der Waals surface area contributed by atoms with Gasteiger partial charge in [0.15, 0.2) is 0 Å². The zero-order valence-corrected chi connectivity index (χ0v) is 22.1. The lowest BCUT2D eigenvalue weighted by molar-refractivity contribution is -0.165. The first-order chi connectivity index (χ1) is 17.1. The number of nitrogens with one attached hydrogen (secondary N) is 1. The number of carbonyl (C=O) groups is 2. The third-order valence-electron chi connectivity index (χ3n) is 6.93. The monoisotopic (exact) mass is 515 g/mol. The Kier molecular flexibility index (Phi) is 7.03. The summed E-state index contributed by atoms with van der Waals surface area (Å²) in [6.45, 7) is 5.48. The maximum absolute atomic E-state index is 14.5. The Morgan fingerprint density at radius 3 is 2.39 bits per heavy atom. The molecule has 0 radical (unpaired) electrons. The van der Waals surface area contributed by atoms with Gasteiger partial charge in [0, 0.05) is 25.4 Å². The number of carbonyl (C=O) groups excluding carboxylic acids is 2. The van der Waals surface area contributed by atoms with Gasteiger partial charge in [0.1, 0.15) is 22.4 Å². The third kappa shape index (κ3) is 4.22. The van der Waals surface area contributed by atoms with Gasteiger partial charge >= 0.3 is 0 Å². The number of amides is 2. The van der Waals surface area contributed by atoms with Crippen molar-refractivity contribution in [3.63, 3.8) is 0 Å². The molecule has 2 unspecified atom stereocenters. The van der Waals surface area contributed by atoms with Crippen molar-refractivity contribution in [2.45, 2.75) is 55.6 Å². The van der Waals surface area contributed by atoms with Crippen LogP contribution < -0.4 is 14.8 Å². The van der Waals surface area contributed by atoms with Crippen molar-refractivity contribution in [2.24, 2.45) is 0 Å². The van der Waals surface area contributed by atoms with Gasteiger partial charge in [0.25, 0.3) is 0 Å². The van der Waals surface area contributed by atoms with Crippen molar-refractivity contribution in [1.82, 2.24) is 15.1 Å². The molecule has 0 bridgehead atoms. The highest BCUT2D eigenvalue weighted by atomic mass is 32.2. The SMILES string of the molecule is COc1ccc(CC2C(=O)N(C(C)C)CC3(S(=O)(=O)c4cc(C)ccc4OC)NCCC(=O)N23)cc1. The Hall–Kier alpha value is -3.11. The maximum Gasteiger partial charge on any atom is 0.246 e. The molecule has 2 aliphatic rings. The molecule has 9 nitrogen and oxygen atoms in total. The molecule has 2 aliphatic heterocycles. The first-order valence-electron chi connectivity index (χ1n) is 12.0. The normalized spacial score (nSPS) is 22.6. The number of fused-ring (bicyclic) bond motifs is 1. The molecule has 0 aromatic heterocycles. The summed E-state index contributed by atoms with van der Waals surface area (Å²) in [6, 6.07) is 10.9. The fraction of sp³-hybridized carbons (Fsp3) is 0.462. The van der Waals surface area contributed by atoms with Crippen LogP contribution in [0.25, 0.3) is 0 Å². The molecule has 0 saturated carbocycles. The minimum Gasteiger partial charge on any atom is -0.497 e. The number of rotatable bonds is 7. The Morgan fingerprint density at radius 1 is 1.08 bits per heavy atom. The number of methoxy groups -OCH3 is 2. The minimum absolute atomic E-state index is 0.0153. The predicted octanol–water partition coefficient (Wildman–Crippen LogP) is 2.12. The average molecular weight is 516 g/mol. The molecule has 2 saturated heterocycles. The molecule has 2 atom stereocenters. The molecule has 2 aromatic rings. The Bertz CT molecular complexity index is 1260. The molecule has 2 fully saturated rings. The molecule has 10 heteroatoms. The van der Waals surface area contributed by atoms with E-state index < -0.39 is 20.9 Å². The van der Waals surface area contributed by atoms with Gasteiger partial charge in [0.05, 0.1) is 20.8 Å². The second-order valence-corrected chi connectivity index (χ2v) is 11.6. The van der Waals surface area contributed by atoms with E-state index in [1.54, 1.807) is 49.3 Å². The van der Waals surface area contributed by atoms with E-state index in [0.29, 0.717) is 5.75 Å². The fourth-order valence-electron chi connectivity index (χ4n) is 5.03. The summed E-state index contributed by atoms with van der Waals surface area (Å²) >= 11 is 0. The van der Waals surface area contributed by atoms with Crippen LogP contribution in [0.3, 0.4) is 0 Å². The molecular formula is C26H33N3O6S. The van der Waals surface area contributed by atoms with E-state index in [9.17, 15) is 18.0 Å². The van der Waals surface area contributed by atoms with Crippen molar-refractivity contribution in [1.29, 1.82) is 0 Å². The Labute approximate surface area is 212 Å². The van der Waals surface area contributed by atoms with Crippen molar-refractivity contribution < 1.29 is 27.5 Å². The Morgan fingerprint density at radius 2 is 1.78 bits per heavy atom. The second kappa shape index (κ2) is 9.74. The van der Waals surface area contributed by atoms with Gasteiger partial charge in [0.2, 0.25) is 26.6 Å². The quantitative estimate of drug-likeness (QED) is 0.602. The number of benzene rings is 2. The second-order valence-electron chi connectivity index (χ2n) is 9.51. The number of hydrogen-bond acceptors (Lipinski definition) is 7. The van der Waals surface area contributed by atoms with Crippen LogP contribution in [0.1, 0.15) is 31.4 Å². The zero-order chi connectivity index (χ0) is 26.3. The van der Waals surface area contributed by atoms with E-state index >= 15 is 0 Å². The van der Waals surface area contributed by atoms with Crippen LogP contribution in [-0.4, -0.2) is 74.4 Å². The van der Waals surface area contributed by atoms with Crippen LogP contribution in [0.5, 0.6) is 11.5 Å². The van der Waals surface area contributed by atoms with Gasteiger partial charge in [-0.1, -0.05) is 18.2 Å². The summed E-state index contributed by atoms with van der Waals surface area (Å²) in [7, 11) is -1.27. The number of hydrogen-bond donors (Lipinski definition) is 1. The summed E-state index contributed by atoms with van der Waals surface area (Å²) < 4.78 is 39.6. The first-order valence-corrected chi connectivity index (χ1v) is 13.4. The van der Waals surface area contributed by atoms with Crippen molar-refractivity contribution in [3.05, 3.63) is 53.6 Å². The van der Waals surface area contributed by atoms with E-state index in [1.807, 2.05) is 26.0 Å². The van der Waals surface area contributed by atoms with E-state index in [4.69, 9.17) is 9.47 Å². The van der Waals surface area contributed by atoms with Gasteiger partial charge in [-0.3, -0.25) is 19.8 Å². The molecule has 36 heavy (non-hydrogen) atoms. The summed E-state index contributed by atoms with van der Waals surface area (Å²) in [5.41, 5.74) is 1.53. The van der Waals surface area contributed by atoms with Crippen molar-refractivity contribution >= 4 is 21.7 Å². The number of aryl methyl sites for hydroxylation is 1. The zero-order valence-electron chi connectivity index (χ0n) is 21.3. The van der Waals surface area contributed by atoms with Gasteiger partial charge in [-0.25, -0.2) is 8.42 Å². The van der Waals surface area contributed by atoms with Crippen molar-refractivity contribution in [3.8, 4) is 11.5 Å². The smallest absolute Gasteiger partial charge is 0.246 e. The van der Waals surface area contributed by atoms with Crippen LogP contribution in [0, 0.1) is 6.92 Å². The summed E-state index contributed by atoms with van der Waals surface area (Å²) in [5.74, 6) is 0.199. The number of ether oxygens (including phenoxy) is 2. The van der Waals surface area contributed by atoms with Crippen LogP contribution >= 0.6 is 0 Å². The number of piperazine rings is 1. The summed E-state index contributed by atoms with van der Waals surface area (Å²) in [6.07, 6.45) is 0.262. The van der Waals surface area contributed by atoms with Crippen LogP contribution in [0.15, 0.2) is 47.4 Å². The predicted molar refractivity (Wildman–Crippen MR) is 134 cm³/mol. The highest BCUT2D eigenvalue weighted by Gasteiger charge is 2.62. The van der Waals surface area contributed by atoms with E-state index in [1.165, 1.54) is 12.0 Å². The number of sulfone groups is 1. The maximum atomic E-state index is 14.5. The fourth-order valence-corrected chi connectivity index (χ4v) is 7.24. The molecule has 2 heterocycles. The molecule has 0 aliphatic carbocycles. The lowest BCUT2D eigenvalue weighted by Gasteiger charge is -2.56. The van der Waals surface area contributed by atoms with Gasteiger partial charge in [-0.05, 0) is 56.2 Å². The minimum atomic E-state index is -4.25. The van der Waals surface area contributed by atoms with Crippen molar-refractivity contribution in [2.75, 3.05) is 27.3 Å². The van der Waals surface area contributed by atoms with E-state index in [2.05, 4.69) is 5.32 Å². The Balaban J connectivity index is 1.90. The van der Waals surface area contributed by atoms with Gasteiger partial charge in [-0.15, -0.1) is 0 Å². The molecule has 194 valence electrons. The van der Waals surface area contributed by atoms with Gasteiger partial charge < -0.3 is 14.4 Å². The molecule has 4 rings (SSSR count). The lowest BCUT2D eigenvalue weighted by Crippen LogP contribution is -2.80. The molecular weight excluding hydrogens is 482 g/mol. The van der Waals surface area contributed by atoms with Crippen LogP contribution in [0.2, 0.25) is 0 Å². The largest absolute Gasteiger partial charge is 0.497 e. The van der Waals surface area contributed by atoms with Crippen LogP contribution in [0.4, 0.5) is 0 Å². The highest BCUT2D eigenvalue weighted by molar-refractivity contribution is 7.93. The first kappa shape index (κ1) is 26.0. The van der Waals surface area contributed by atoms with Crippen LogP contribution in [-0.2, 0) is 25.8 Å². The average Bonchev–Trinajstić information content (AvgIpc) is 2.85. The number of nitrogens with zero attached hydrogens (tertiary/aromatic N) is 2. The topological polar surface area (TPSA) is 105 Å².